The van der Waals surface area contributed by atoms with Gasteiger partial charge < -0.3 is 15.0 Å². The number of anilines is 1. The van der Waals surface area contributed by atoms with E-state index in [0.29, 0.717) is 37.4 Å². The number of nitriles is 1. The summed E-state index contributed by atoms with van der Waals surface area (Å²) in [4.78, 5) is 8.94. The van der Waals surface area contributed by atoms with Crippen molar-refractivity contribution < 1.29 is 13.2 Å². The maximum Gasteiger partial charge on any atom is 0.217 e. The predicted molar refractivity (Wildman–Crippen MR) is 139 cm³/mol. The molecule has 0 unspecified atom stereocenters. The van der Waals surface area contributed by atoms with Crippen LogP contribution in [0.2, 0.25) is 25.7 Å². The molecule has 1 saturated carbocycles. The normalized spacial score (nSPS) is 18.3. The molecule has 0 bridgehead atoms. The Labute approximate surface area is 211 Å². The number of ether oxygens (including phenoxy) is 1. The standard InChI is InChI=1S/C23H32N8O3SSi/c1-36(2,3)11-10-34-16-29-9-6-18-20(26-15-27-22(18)29)19-12-31(28-21(19)25)23(7-8-24)13-30(14-23)35(32,33)17-4-5-17/h6,9,12,15,17H,4-5,7,10-11,13-14,16H2,1-3H3,(H2,25,28). The Kier molecular flexibility index (Phi) is 6.18. The molecule has 2 N–H and O–H groups in total. The Morgan fingerprint density at radius 1 is 1.28 bits per heavy atom. The molecule has 3 aromatic heterocycles. The fourth-order valence-corrected chi connectivity index (χ4v) is 7.28. The van der Waals surface area contributed by atoms with E-state index >= 15 is 0 Å². The zero-order valence-electron chi connectivity index (χ0n) is 20.9. The number of nitrogen functional groups attached to an aromatic ring is 1. The minimum atomic E-state index is -3.31. The molecular weight excluding hydrogens is 496 g/mol. The van der Waals surface area contributed by atoms with Crippen molar-refractivity contribution in [3.8, 4) is 17.3 Å². The van der Waals surface area contributed by atoms with Crippen LogP contribution in [0, 0.1) is 11.3 Å². The van der Waals surface area contributed by atoms with Gasteiger partial charge in [-0.05, 0) is 25.0 Å². The Bertz CT molecular complexity index is 1430. The van der Waals surface area contributed by atoms with Crippen molar-refractivity contribution >= 4 is 34.9 Å². The number of hydrogen-bond acceptors (Lipinski definition) is 8. The lowest BCUT2D eigenvalue weighted by molar-refractivity contribution is 0.0719. The van der Waals surface area contributed by atoms with Crippen LogP contribution in [0.5, 0.6) is 0 Å². The highest BCUT2D eigenvalue weighted by Crippen LogP contribution is 2.41. The SMILES string of the molecule is C[Si](C)(C)CCOCn1ccc2c(-c3cn(C4(CC#N)CN(S(=O)(=O)C5CC5)C4)nc3N)ncnc21. The van der Waals surface area contributed by atoms with E-state index in [4.69, 9.17) is 10.5 Å². The minimum absolute atomic E-state index is 0.134. The third-order valence-electron chi connectivity index (χ3n) is 6.92. The molecule has 192 valence electrons. The molecule has 1 aliphatic heterocycles. The van der Waals surface area contributed by atoms with Gasteiger partial charge in [-0.2, -0.15) is 14.7 Å². The maximum absolute atomic E-state index is 12.6. The van der Waals surface area contributed by atoms with Crippen molar-refractivity contribution in [1.29, 1.82) is 5.26 Å². The van der Waals surface area contributed by atoms with Gasteiger partial charge in [0.05, 0.1) is 29.0 Å². The molecule has 13 heteroatoms. The Hall–Kier alpha value is -2.79. The molecule has 11 nitrogen and oxygen atoms in total. The van der Waals surface area contributed by atoms with Gasteiger partial charge in [0.15, 0.2) is 5.82 Å². The van der Waals surface area contributed by atoms with E-state index < -0.39 is 23.6 Å². The number of hydrogen-bond donors (Lipinski definition) is 1. The van der Waals surface area contributed by atoms with Crippen LogP contribution in [0.1, 0.15) is 19.3 Å². The van der Waals surface area contributed by atoms with Crippen molar-refractivity contribution in [3.63, 3.8) is 0 Å². The van der Waals surface area contributed by atoms with E-state index in [1.54, 1.807) is 10.9 Å². The second kappa shape index (κ2) is 8.95. The van der Waals surface area contributed by atoms with Crippen LogP contribution in [-0.2, 0) is 27.0 Å². The first-order valence-corrected chi connectivity index (χ1v) is 17.3. The Morgan fingerprint density at radius 3 is 2.69 bits per heavy atom. The minimum Gasteiger partial charge on any atom is -0.382 e. The number of nitrogens with zero attached hydrogens (tertiary/aromatic N) is 7. The maximum atomic E-state index is 12.6. The molecule has 0 amide bonds. The summed E-state index contributed by atoms with van der Waals surface area (Å²) in [6.45, 7) is 8.49. The monoisotopic (exact) mass is 528 g/mol. The van der Waals surface area contributed by atoms with E-state index in [0.717, 1.165) is 17.1 Å². The highest BCUT2D eigenvalue weighted by atomic mass is 32.2. The summed E-state index contributed by atoms with van der Waals surface area (Å²) in [5.74, 6) is 0.273. The molecule has 0 radical (unpaired) electrons. The van der Waals surface area contributed by atoms with E-state index in [-0.39, 0.29) is 30.6 Å². The molecule has 1 aliphatic carbocycles. The highest BCUT2D eigenvalue weighted by molar-refractivity contribution is 7.90. The van der Waals surface area contributed by atoms with Gasteiger partial charge in [0.25, 0.3) is 0 Å². The van der Waals surface area contributed by atoms with Crippen molar-refractivity contribution in [3.05, 3.63) is 24.8 Å². The second-order valence-corrected chi connectivity index (χ2v) is 18.9. The lowest BCUT2D eigenvalue weighted by atomic mass is 9.89. The number of sulfonamides is 1. The van der Waals surface area contributed by atoms with Gasteiger partial charge in [0.1, 0.15) is 24.2 Å². The van der Waals surface area contributed by atoms with Gasteiger partial charge in [0, 0.05) is 45.6 Å². The van der Waals surface area contributed by atoms with E-state index in [1.807, 2.05) is 16.8 Å². The van der Waals surface area contributed by atoms with Crippen LogP contribution < -0.4 is 5.73 Å². The average Bonchev–Trinajstić information content (AvgIpc) is 3.47. The molecule has 2 fully saturated rings. The fraction of sp³-hybridized carbons (Fsp3) is 0.565. The molecule has 1 saturated heterocycles. The van der Waals surface area contributed by atoms with Gasteiger partial charge in [-0.3, -0.25) is 4.68 Å². The molecule has 0 atom stereocenters. The molecule has 5 rings (SSSR count). The largest absolute Gasteiger partial charge is 0.382 e. The van der Waals surface area contributed by atoms with E-state index in [2.05, 4.69) is 40.8 Å². The highest BCUT2D eigenvalue weighted by Gasteiger charge is 2.54. The van der Waals surface area contributed by atoms with Gasteiger partial charge in [-0.25, -0.2) is 18.4 Å². The van der Waals surface area contributed by atoms with Crippen LogP contribution in [0.25, 0.3) is 22.3 Å². The molecule has 0 spiro atoms. The van der Waals surface area contributed by atoms with Gasteiger partial charge in [-0.15, -0.1) is 0 Å². The van der Waals surface area contributed by atoms with Gasteiger partial charge in [0.2, 0.25) is 10.0 Å². The van der Waals surface area contributed by atoms with Crippen LogP contribution in [0.3, 0.4) is 0 Å². The lowest BCUT2D eigenvalue weighted by Crippen LogP contribution is -2.64. The number of rotatable bonds is 10. The second-order valence-electron chi connectivity index (χ2n) is 11.0. The van der Waals surface area contributed by atoms with Crippen LogP contribution in [0.4, 0.5) is 5.82 Å². The Morgan fingerprint density at radius 2 is 2.03 bits per heavy atom. The van der Waals surface area contributed by atoms with Crippen molar-refractivity contribution in [2.45, 2.75) is 62.5 Å². The molecule has 2 aliphatic rings. The smallest absolute Gasteiger partial charge is 0.217 e. The van der Waals surface area contributed by atoms with Crippen LogP contribution in [0.15, 0.2) is 24.8 Å². The summed E-state index contributed by atoms with van der Waals surface area (Å²) in [5, 5.41) is 14.5. The zero-order chi connectivity index (χ0) is 25.7. The van der Waals surface area contributed by atoms with Crippen molar-refractivity contribution in [2.75, 3.05) is 25.4 Å². The first-order valence-electron chi connectivity index (χ1n) is 12.1. The van der Waals surface area contributed by atoms with Crippen LogP contribution in [-0.4, -0.2) is 70.1 Å². The summed E-state index contributed by atoms with van der Waals surface area (Å²) in [5.41, 5.74) is 7.58. The molecule has 0 aromatic carbocycles. The topological polar surface area (TPSA) is 145 Å². The van der Waals surface area contributed by atoms with Crippen LogP contribution >= 0.6 is 0 Å². The molecule has 4 heterocycles. The number of nitrogens with two attached hydrogens (primary N) is 1. The first kappa shape index (κ1) is 24.9. The van der Waals surface area contributed by atoms with Gasteiger partial charge >= 0.3 is 0 Å². The molecule has 3 aromatic rings. The third-order valence-corrected chi connectivity index (χ3v) is 10.9. The summed E-state index contributed by atoms with van der Waals surface area (Å²) in [6.07, 6.45) is 6.73. The number of fused-ring (bicyclic) bond motifs is 1. The van der Waals surface area contributed by atoms with E-state index in [9.17, 15) is 13.7 Å². The summed E-state index contributed by atoms with van der Waals surface area (Å²) >= 11 is 0. The quantitative estimate of drug-likeness (QED) is 0.312. The summed E-state index contributed by atoms with van der Waals surface area (Å²) < 4.78 is 36.2. The van der Waals surface area contributed by atoms with Crippen molar-refractivity contribution in [2.24, 2.45) is 0 Å². The zero-order valence-corrected chi connectivity index (χ0v) is 22.7. The summed E-state index contributed by atoms with van der Waals surface area (Å²) in [7, 11) is -4.47. The molecular formula is C23H32N8O3SSi. The summed E-state index contributed by atoms with van der Waals surface area (Å²) in [6, 6.07) is 5.22. The first-order chi connectivity index (χ1) is 17.0. The Balaban J connectivity index is 1.39. The van der Waals surface area contributed by atoms with Gasteiger partial charge in [-0.1, -0.05) is 19.6 Å². The number of aromatic nitrogens is 5. The average molecular weight is 529 g/mol. The lowest BCUT2D eigenvalue weighted by Gasteiger charge is -2.48. The van der Waals surface area contributed by atoms with E-state index in [1.165, 1.54) is 10.6 Å². The molecule has 36 heavy (non-hydrogen) atoms. The fourth-order valence-electron chi connectivity index (χ4n) is 4.53. The predicted octanol–water partition coefficient (Wildman–Crippen LogP) is 2.61. The van der Waals surface area contributed by atoms with Crippen molar-refractivity contribution in [1.82, 2.24) is 28.6 Å². The third kappa shape index (κ3) is 4.54.